The maximum absolute atomic E-state index is 11.9. The average molecular weight is 281 g/mol. The largest absolute Gasteiger partial charge is 0.497 e. The minimum Gasteiger partial charge on any atom is -0.497 e. The lowest BCUT2D eigenvalue weighted by Gasteiger charge is -2.11. The minimum atomic E-state index is -0.188. The van der Waals surface area contributed by atoms with Crippen LogP contribution in [-0.2, 0) is 4.74 Å². The molecule has 112 valence electrons. The molecule has 0 saturated carbocycles. The molecule has 0 radical (unpaired) electrons. The number of ether oxygens (including phenoxy) is 2. The highest BCUT2D eigenvalue weighted by molar-refractivity contribution is 5.95. The van der Waals surface area contributed by atoms with Crippen molar-refractivity contribution in [1.82, 2.24) is 10.2 Å². The van der Waals surface area contributed by atoms with Crippen LogP contribution in [0.5, 0.6) is 5.75 Å². The summed E-state index contributed by atoms with van der Waals surface area (Å²) in [7, 11) is 5.51. The molecule has 0 aliphatic carbocycles. The average Bonchev–Trinajstić information content (AvgIpc) is 2.41. The van der Waals surface area contributed by atoms with Gasteiger partial charge in [0.1, 0.15) is 5.75 Å². The van der Waals surface area contributed by atoms with Gasteiger partial charge in [0.2, 0.25) is 0 Å². The molecule has 3 N–H and O–H groups in total. The van der Waals surface area contributed by atoms with Crippen molar-refractivity contribution in [3.8, 4) is 5.75 Å². The molecule has 0 fully saturated rings. The molecule has 0 aliphatic heterocycles. The van der Waals surface area contributed by atoms with Crippen LogP contribution < -0.4 is 15.8 Å². The Kier molecular flexibility index (Phi) is 6.83. The van der Waals surface area contributed by atoms with Gasteiger partial charge in [-0.15, -0.1) is 0 Å². The van der Waals surface area contributed by atoms with Gasteiger partial charge >= 0.3 is 0 Å². The molecule has 1 amide bonds. The number of rotatable bonds is 8. The lowest BCUT2D eigenvalue weighted by atomic mass is 10.2. The molecule has 1 aromatic carbocycles. The van der Waals surface area contributed by atoms with Gasteiger partial charge in [-0.2, -0.15) is 0 Å². The fourth-order valence-electron chi connectivity index (χ4n) is 1.56. The third-order valence-electron chi connectivity index (χ3n) is 2.64. The van der Waals surface area contributed by atoms with Gasteiger partial charge in [0.05, 0.1) is 20.3 Å². The maximum atomic E-state index is 11.9. The number of carbonyl (C=O) groups is 1. The molecule has 6 heteroatoms. The first-order chi connectivity index (χ1) is 9.52. The molecule has 0 saturated heterocycles. The molecule has 0 unspecified atom stereocenters. The Morgan fingerprint density at radius 1 is 1.30 bits per heavy atom. The van der Waals surface area contributed by atoms with Gasteiger partial charge in [-0.05, 0) is 26.2 Å². The van der Waals surface area contributed by atoms with Crippen molar-refractivity contribution in [2.75, 3.05) is 53.2 Å². The standard InChI is InChI=1S/C14H23N3O3/c1-17(2)5-7-20-6-4-16-14(18)11-8-12(15)10-13(9-11)19-3/h8-10H,4-7,15H2,1-3H3,(H,16,18). The predicted octanol–water partition coefficient (Wildman–Crippen LogP) is 0.585. The summed E-state index contributed by atoms with van der Waals surface area (Å²) in [6, 6.07) is 4.94. The number of nitrogens with zero attached hydrogens (tertiary/aromatic N) is 1. The van der Waals surface area contributed by atoms with Crippen LogP contribution in [0.4, 0.5) is 5.69 Å². The monoisotopic (exact) mass is 281 g/mol. The van der Waals surface area contributed by atoms with E-state index in [1.54, 1.807) is 18.2 Å². The molecule has 0 bridgehead atoms. The van der Waals surface area contributed by atoms with E-state index >= 15 is 0 Å². The lowest BCUT2D eigenvalue weighted by molar-refractivity contribution is 0.0900. The minimum absolute atomic E-state index is 0.188. The zero-order chi connectivity index (χ0) is 15.0. The summed E-state index contributed by atoms with van der Waals surface area (Å²) >= 11 is 0. The molecule has 0 heterocycles. The van der Waals surface area contributed by atoms with E-state index in [2.05, 4.69) is 5.32 Å². The van der Waals surface area contributed by atoms with Crippen LogP contribution in [0.15, 0.2) is 18.2 Å². The van der Waals surface area contributed by atoms with Gasteiger partial charge in [-0.1, -0.05) is 0 Å². The zero-order valence-corrected chi connectivity index (χ0v) is 12.3. The molecule has 0 spiro atoms. The van der Waals surface area contributed by atoms with Gasteiger partial charge in [0.25, 0.3) is 5.91 Å². The fraction of sp³-hybridized carbons (Fsp3) is 0.500. The second-order valence-corrected chi connectivity index (χ2v) is 4.67. The number of nitrogens with two attached hydrogens (primary N) is 1. The number of methoxy groups -OCH3 is 1. The first kappa shape index (κ1) is 16.3. The van der Waals surface area contributed by atoms with E-state index in [0.29, 0.717) is 36.8 Å². The van der Waals surface area contributed by atoms with Gasteiger partial charge in [-0.3, -0.25) is 4.79 Å². The van der Waals surface area contributed by atoms with Crippen molar-refractivity contribution in [2.45, 2.75) is 0 Å². The first-order valence-corrected chi connectivity index (χ1v) is 6.48. The highest BCUT2D eigenvalue weighted by Crippen LogP contribution is 2.18. The molecule has 6 nitrogen and oxygen atoms in total. The lowest BCUT2D eigenvalue weighted by Crippen LogP contribution is -2.28. The number of hydrogen-bond acceptors (Lipinski definition) is 5. The van der Waals surface area contributed by atoms with Crippen LogP contribution in [0.1, 0.15) is 10.4 Å². The second-order valence-electron chi connectivity index (χ2n) is 4.67. The van der Waals surface area contributed by atoms with Crippen molar-refractivity contribution in [1.29, 1.82) is 0 Å². The number of likely N-dealkylation sites (N-methyl/N-ethyl adjacent to an activating group) is 1. The van der Waals surface area contributed by atoms with E-state index in [1.807, 2.05) is 19.0 Å². The van der Waals surface area contributed by atoms with Gasteiger partial charge in [-0.25, -0.2) is 0 Å². The Balaban J connectivity index is 2.34. The Bertz CT molecular complexity index is 436. The highest BCUT2D eigenvalue weighted by atomic mass is 16.5. The topological polar surface area (TPSA) is 76.8 Å². The molecular formula is C14H23N3O3. The van der Waals surface area contributed by atoms with Crippen molar-refractivity contribution in [3.63, 3.8) is 0 Å². The summed E-state index contributed by atoms with van der Waals surface area (Å²) in [6.07, 6.45) is 0. The molecular weight excluding hydrogens is 258 g/mol. The van der Waals surface area contributed by atoms with E-state index in [1.165, 1.54) is 7.11 Å². The summed E-state index contributed by atoms with van der Waals surface area (Å²) in [6.45, 7) is 2.46. The van der Waals surface area contributed by atoms with Crippen LogP contribution in [0.2, 0.25) is 0 Å². The summed E-state index contributed by atoms with van der Waals surface area (Å²) < 4.78 is 10.5. The van der Waals surface area contributed by atoms with Gasteiger partial charge in [0.15, 0.2) is 0 Å². The molecule has 1 rings (SSSR count). The third kappa shape index (κ3) is 5.90. The third-order valence-corrected chi connectivity index (χ3v) is 2.64. The quantitative estimate of drug-likeness (QED) is 0.538. The van der Waals surface area contributed by atoms with E-state index in [0.717, 1.165) is 6.54 Å². The number of nitrogens with one attached hydrogen (secondary N) is 1. The van der Waals surface area contributed by atoms with Crippen molar-refractivity contribution >= 4 is 11.6 Å². The fourth-order valence-corrected chi connectivity index (χ4v) is 1.56. The SMILES string of the molecule is COc1cc(N)cc(C(=O)NCCOCCN(C)C)c1. The molecule has 0 aliphatic rings. The summed E-state index contributed by atoms with van der Waals surface area (Å²) in [5.41, 5.74) is 6.68. The normalized spacial score (nSPS) is 10.6. The van der Waals surface area contributed by atoms with Crippen LogP contribution in [0.3, 0.4) is 0 Å². The second kappa shape index (κ2) is 8.39. The Morgan fingerprint density at radius 3 is 2.70 bits per heavy atom. The summed E-state index contributed by atoms with van der Waals surface area (Å²) in [5.74, 6) is 0.379. The zero-order valence-electron chi connectivity index (χ0n) is 12.3. The summed E-state index contributed by atoms with van der Waals surface area (Å²) in [5, 5.41) is 2.78. The van der Waals surface area contributed by atoms with Crippen molar-refractivity contribution in [3.05, 3.63) is 23.8 Å². The van der Waals surface area contributed by atoms with Crippen molar-refractivity contribution in [2.24, 2.45) is 0 Å². The molecule has 20 heavy (non-hydrogen) atoms. The Hall–Kier alpha value is -1.79. The van der Waals surface area contributed by atoms with Crippen LogP contribution in [-0.4, -0.2) is 58.3 Å². The van der Waals surface area contributed by atoms with E-state index in [9.17, 15) is 4.79 Å². The number of carbonyl (C=O) groups excluding carboxylic acids is 1. The van der Waals surface area contributed by atoms with E-state index in [-0.39, 0.29) is 5.91 Å². The molecule has 0 aromatic heterocycles. The van der Waals surface area contributed by atoms with E-state index in [4.69, 9.17) is 15.2 Å². The molecule has 0 atom stereocenters. The maximum Gasteiger partial charge on any atom is 0.251 e. The predicted molar refractivity (Wildman–Crippen MR) is 79.1 cm³/mol. The van der Waals surface area contributed by atoms with Crippen LogP contribution >= 0.6 is 0 Å². The number of hydrogen-bond donors (Lipinski definition) is 2. The van der Waals surface area contributed by atoms with Gasteiger partial charge in [0, 0.05) is 30.4 Å². The summed E-state index contributed by atoms with van der Waals surface area (Å²) in [4.78, 5) is 14.0. The number of nitrogen functional groups attached to an aromatic ring is 1. The smallest absolute Gasteiger partial charge is 0.251 e. The molecule has 1 aromatic rings. The Morgan fingerprint density at radius 2 is 2.05 bits per heavy atom. The van der Waals surface area contributed by atoms with Crippen LogP contribution in [0, 0.1) is 0 Å². The van der Waals surface area contributed by atoms with E-state index < -0.39 is 0 Å². The first-order valence-electron chi connectivity index (χ1n) is 6.48. The number of anilines is 1. The highest BCUT2D eigenvalue weighted by Gasteiger charge is 2.07. The number of benzene rings is 1. The van der Waals surface area contributed by atoms with Crippen LogP contribution in [0.25, 0.3) is 0 Å². The Labute approximate surface area is 119 Å². The number of amides is 1. The van der Waals surface area contributed by atoms with Crippen molar-refractivity contribution < 1.29 is 14.3 Å². The van der Waals surface area contributed by atoms with Gasteiger partial charge < -0.3 is 25.4 Å².